The van der Waals surface area contributed by atoms with Crippen molar-refractivity contribution in [3.8, 4) is 11.3 Å². The first-order chi connectivity index (χ1) is 11.7. The summed E-state index contributed by atoms with van der Waals surface area (Å²) in [4.78, 5) is 17.9. The molecule has 0 radical (unpaired) electrons. The number of aromatic nitrogens is 2. The van der Waals surface area contributed by atoms with E-state index in [4.69, 9.17) is 14.4 Å². The molecule has 0 spiro atoms. The van der Waals surface area contributed by atoms with E-state index in [2.05, 4.69) is 15.3 Å². The van der Waals surface area contributed by atoms with Crippen molar-refractivity contribution in [2.75, 3.05) is 0 Å². The lowest BCUT2D eigenvalue weighted by molar-refractivity contribution is 0.00578. The van der Waals surface area contributed by atoms with Gasteiger partial charge in [-0.2, -0.15) is 0 Å². The molecule has 132 valence electrons. The molecule has 2 heterocycles. The molecule has 0 unspecified atom stereocenters. The van der Waals surface area contributed by atoms with E-state index in [9.17, 15) is 4.79 Å². The second-order valence-corrected chi connectivity index (χ2v) is 7.12. The number of aromatic amines is 1. The van der Waals surface area contributed by atoms with Crippen LogP contribution in [-0.2, 0) is 15.9 Å². The average Bonchev–Trinajstić information content (AvgIpc) is 3.08. The smallest absolute Gasteiger partial charge is 0.465 e. The molecule has 1 saturated heterocycles. The lowest BCUT2D eigenvalue weighted by Crippen LogP contribution is -2.41. The normalized spacial score (nSPS) is 18.3. The van der Waals surface area contributed by atoms with E-state index < -0.39 is 24.4 Å². The number of carboxylic acid groups (broad SMARTS) is 1. The highest BCUT2D eigenvalue weighted by atomic mass is 16.7. The minimum absolute atomic E-state index is 0.131. The Morgan fingerprint density at radius 1 is 1.28 bits per heavy atom. The first-order valence-corrected chi connectivity index (χ1v) is 8.15. The van der Waals surface area contributed by atoms with Gasteiger partial charge in [0.05, 0.1) is 29.6 Å². The maximum absolute atomic E-state index is 10.6. The Bertz CT molecular complexity index is 772. The Hall–Kier alpha value is -2.32. The molecule has 3 N–H and O–H groups in total. The standard InChI is InChI=1S/C17H22BN3O4/c1-16(2)17(3,4)25-18(24-16)12-7-5-6-11(8-12)13-9-19-14(21-13)10-20-15(22)23/h5-9,20H,10H2,1-4H3,(H,19,21)(H,22,23). The van der Waals surface area contributed by atoms with E-state index in [1.54, 1.807) is 6.20 Å². The summed E-state index contributed by atoms with van der Waals surface area (Å²) in [6, 6.07) is 7.85. The summed E-state index contributed by atoms with van der Waals surface area (Å²) >= 11 is 0. The SMILES string of the molecule is CC1(C)OB(c2cccc(-c3cnc(CNC(=O)O)[nH]3)c2)OC1(C)C. The third-order valence-electron chi connectivity index (χ3n) is 4.76. The van der Waals surface area contributed by atoms with Crippen LogP contribution in [0.25, 0.3) is 11.3 Å². The summed E-state index contributed by atoms with van der Waals surface area (Å²) in [5.74, 6) is 0.554. The van der Waals surface area contributed by atoms with Crippen LogP contribution in [0.5, 0.6) is 0 Å². The summed E-state index contributed by atoms with van der Waals surface area (Å²) in [5, 5.41) is 10.9. The number of nitrogens with one attached hydrogen (secondary N) is 2. The zero-order chi connectivity index (χ0) is 18.2. The number of amides is 1. The van der Waals surface area contributed by atoms with Gasteiger partial charge in [0.25, 0.3) is 0 Å². The molecule has 0 aliphatic carbocycles. The van der Waals surface area contributed by atoms with E-state index in [0.29, 0.717) is 5.82 Å². The minimum atomic E-state index is -1.08. The summed E-state index contributed by atoms with van der Waals surface area (Å²) in [7, 11) is -0.430. The Labute approximate surface area is 146 Å². The van der Waals surface area contributed by atoms with Crippen molar-refractivity contribution in [3.63, 3.8) is 0 Å². The minimum Gasteiger partial charge on any atom is -0.465 e. The topological polar surface area (TPSA) is 96.5 Å². The summed E-state index contributed by atoms with van der Waals surface area (Å²) in [6.45, 7) is 8.22. The Morgan fingerprint density at radius 3 is 2.60 bits per heavy atom. The number of rotatable bonds is 4. The predicted molar refractivity (Wildman–Crippen MR) is 94.6 cm³/mol. The van der Waals surface area contributed by atoms with Crippen molar-refractivity contribution in [2.24, 2.45) is 0 Å². The number of hydrogen-bond acceptors (Lipinski definition) is 4. The van der Waals surface area contributed by atoms with E-state index in [-0.39, 0.29) is 6.54 Å². The maximum atomic E-state index is 10.6. The molecule has 1 aliphatic rings. The number of carbonyl (C=O) groups is 1. The van der Waals surface area contributed by atoms with Crippen LogP contribution >= 0.6 is 0 Å². The molecule has 0 bridgehead atoms. The van der Waals surface area contributed by atoms with E-state index in [1.807, 2.05) is 52.0 Å². The molecule has 3 rings (SSSR count). The molecule has 1 aromatic carbocycles. The number of H-pyrrole nitrogens is 1. The monoisotopic (exact) mass is 343 g/mol. The largest absolute Gasteiger partial charge is 0.494 e. The number of benzene rings is 1. The van der Waals surface area contributed by atoms with Crippen LogP contribution in [0.1, 0.15) is 33.5 Å². The van der Waals surface area contributed by atoms with Crippen molar-refractivity contribution in [1.82, 2.24) is 15.3 Å². The Kier molecular flexibility index (Phi) is 4.34. The van der Waals surface area contributed by atoms with Gasteiger partial charge in [-0.15, -0.1) is 0 Å². The van der Waals surface area contributed by atoms with Gasteiger partial charge in [-0.1, -0.05) is 24.3 Å². The number of hydrogen-bond donors (Lipinski definition) is 3. The van der Waals surface area contributed by atoms with E-state index in [0.717, 1.165) is 16.7 Å². The summed E-state index contributed by atoms with van der Waals surface area (Å²) in [5.41, 5.74) is 1.88. The number of nitrogens with zero attached hydrogens (tertiary/aromatic N) is 1. The Balaban J connectivity index is 1.80. The van der Waals surface area contributed by atoms with Crippen LogP contribution in [0.2, 0.25) is 0 Å². The molecule has 1 aromatic heterocycles. The fourth-order valence-corrected chi connectivity index (χ4v) is 2.59. The van der Waals surface area contributed by atoms with Gasteiger partial charge in [0.15, 0.2) is 0 Å². The van der Waals surface area contributed by atoms with E-state index in [1.165, 1.54) is 0 Å². The first kappa shape index (κ1) is 17.5. The molecule has 1 aliphatic heterocycles. The second-order valence-electron chi connectivity index (χ2n) is 7.12. The summed E-state index contributed by atoms with van der Waals surface area (Å²) in [6.07, 6.45) is 0.600. The average molecular weight is 343 g/mol. The first-order valence-electron chi connectivity index (χ1n) is 8.15. The quantitative estimate of drug-likeness (QED) is 0.739. The van der Waals surface area contributed by atoms with Gasteiger partial charge in [-0.05, 0) is 38.7 Å². The van der Waals surface area contributed by atoms with Crippen molar-refractivity contribution < 1.29 is 19.2 Å². The highest BCUT2D eigenvalue weighted by Crippen LogP contribution is 2.36. The fourth-order valence-electron chi connectivity index (χ4n) is 2.59. The van der Waals surface area contributed by atoms with Gasteiger partial charge in [0.2, 0.25) is 0 Å². The summed E-state index contributed by atoms with van der Waals surface area (Å²) < 4.78 is 12.2. The number of imidazole rings is 1. The third-order valence-corrected chi connectivity index (χ3v) is 4.76. The van der Waals surface area contributed by atoms with Crippen molar-refractivity contribution >= 4 is 18.7 Å². The molecule has 1 amide bonds. The predicted octanol–water partition coefficient (Wildman–Crippen LogP) is 2.14. The van der Waals surface area contributed by atoms with Gasteiger partial charge < -0.3 is 24.7 Å². The Morgan fingerprint density at radius 2 is 1.96 bits per heavy atom. The molecule has 1 fully saturated rings. The van der Waals surface area contributed by atoms with Crippen LogP contribution < -0.4 is 10.8 Å². The van der Waals surface area contributed by atoms with Crippen molar-refractivity contribution in [2.45, 2.75) is 45.4 Å². The van der Waals surface area contributed by atoms with Crippen molar-refractivity contribution in [3.05, 3.63) is 36.3 Å². The third kappa shape index (κ3) is 3.55. The molecule has 2 aromatic rings. The molecule has 0 saturated carbocycles. The van der Waals surface area contributed by atoms with Gasteiger partial charge in [0.1, 0.15) is 5.82 Å². The zero-order valence-corrected chi connectivity index (χ0v) is 14.8. The van der Waals surface area contributed by atoms with E-state index >= 15 is 0 Å². The highest BCUT2D eigenvalue weighted by molar-refractivity contribution is 6.62. The molecular weight excluding hydrogens is 321 g/mol. The second kappa shape index (κ2) is 6.20. The molecule has 25 heavy (non-hydrogen) atoms. The van der Waals surface area contributed by atoms with Gasteiger partial charge in [-0.25, -0.2) is 9.78 Å². The van der Waals surface area contributed by atoms with Gasteiger partial charge >= 0.3 is 13.2 Å². The fraction of sp³-hybridized carbons (Fsp3) is 0.412. The highest BCUT2D eigenvalue weighted by Gasteiger charge is 2.51. The van der Waals surface area contributed by atoms with Gasteiger partial charge in [-0.3, -0.25) is 0 Å². The van der Waals surface area contributed by atoms with Gasteiger partial charge in [0, 0.05) is 0 Å². The lowest BCUT2D eigenvalue weighted by Gasteiger charge is -2.32. The van der Waals surface area contributed by atoms with Crippen molar-refractivity contribution in [1.29, 1.82) is 0 Å². The molecule has 7 nitrogen and oxygen atoms in total. The molecule has 8 heteroatoms. The van der Waals surface area contributed by atoms with Crippen LogP contribution in [0.3, 0.4) is 0 Å². The zero-order valence-electron chi connectivity index (χ0n) is 14.8. The van der Waals surface area contributed by atoms with Crippen LogP contribution in [0.4, 0.5) is 4.79 Å². The molecule has 0 atom stereocenters. The van der Waals surface area contributed by atoms with Crippen LogP contribution in [0, 0.1) is 0 Å². The van der Waals surface area contributed by atoms with Crippen LogP contribution in [0.15, 0.2) is 30.5 Å². The molecular formula is C17H22BN3O4. The maximum Gasteiger partial charge on any atom is 0.494 e. The lowest BCUT2D eigenvalue weighted by atomic mass is 9.78. The van der Waals surface area contributed by atoms with Crippen LogP contribution in [-0.4, -0.2) is 39.5 Å².